The first-order chi connectivity index (χ1) is 13.6. The highest BCUT2D eigenvalue weighted by atomic mass is 19.1. The number of aliphatic imine (C=N–C) groups is 1. The summed E-state index contributed by atoms with van der Waals surface area (Å²) >= 11 is 0. The summed E-state index contributed by atoms with van der Waals surface area (Å²) in [7, 11) is 0. The number of hydrogen-bond donors (Lipinski definition) is 0. The summed E-state index contributed by atoms with van der Waals surface area (Å²) in [6.45, 7) is 4.10. The van der Waals surface area contributed by atoms with Crippen LogP contribution in [-0.2, 0) is 0 Å². The Morgan fingerprint density at radius 2 is 1.43 bits per heavy atom. The highest BCUT2D eigenvalue weighted by Crippen LogP contribution is 2.24. The molecule has 0 spiro atoms. The second-order valence-electron chi connectivity index (χ2n) is 6.81. The van der Waals surface area contributed by atoms with Crippen molar-refractivity contribution >= 4 is 11.9 Å². The van der Waals surface area contributed by atoms with Gasteiger partial charge in [0.05, 0.1) is 5.69 Å². The van der Waals surface area contributed by atoms with Gasteiger partial charge in [0.1, 0.15) is 5.82 Å². The number of rotatable bonds is 4. The van der Waals surface area contributed by atoms with Gasteiger partial charge in [0, 0.05) is 28.9 Å². The van der Waals surface area contributed by atoms with E-state index in [9.17, 15) is 4.39 Å². The van der Waals surface area contributed by atoms with Gasteiger partial charge in [0.25, 0.3) is 0 Å². The van der Waals surface area contributed by atoms with Crippen molar-refractivity contribution in [1.82, 2.24) is 4.57 Å². The van der Waals surface area contributed by atoms with Crippen molar-refractivity contribution in [3.05, 3.63) is 108 Å². The van der Waals surface area contributed by atoms with Crippen molar-refractivity contribution in [2.75, 3.05) is 0 Å². The van der Waals surface area contributed by atoms with Gasteiger partial charge in [-0.2, -0.15) is 0 Å². The largest absolute Gasteiger partial charge is 0.318 e. The highest BCUT2D eigenvalue weighted by molar-refractivity contribution is 5.84. The number of halogens is 1. The Bertz CT molecular complexity index is 1110. The van der Waals surface area contributed by atoms with Crippen molar-refractivity contribution in [1.29, 1.82) is 0 Å². The molecule has 0 aliphatic carbocycles. The van der Waals surface area contributed by atoms with Crippen molar-refractivity contribution in [3.63, 3.8) is 0 Å². The van der Waals surface area contributed by atoms with Crippen molar-refractivity contribution in [2.45, 2.75) is 13.8 Å². The Kier molecular flexibility index (Phi) is 4.90. The molecule has 0 aliphatic heterocycles. The lowest BCUT2D eigenvalue weighted by molar-refractivity contribution is 0.627. The number of aromatic nitrogens is 1. The first kappa shape index (κ1) is 17.9. The van der Waals surface area contributed by atoms with Gasteiger partial charge in [-0.05, 0) is 67.4 Å². The molecule has 0 saturated carbocycles. The summed E-state index contributed by atoms with van der Waals surface area (Å²) in [5.41, 5.74) is 7.44. The van der Waals surface area contributed by atoms with Gasteiger partial charge in [0.15, 0.2) is 0 Å². The third-order valence-electron chi connectivity index (χ3n) is 4.88. The van der Waals surface area contributed by atoms with E-state index in [-0.39, 0.29) is 5.82 Å². The summed E-state index contributed by atoms with van der Waals surface area (Å²) in [6.07, 6.45) is 1.89. The predicted molar refractivity (Wildman–Crippen MR) is 114 cm³/mol. The molecule has 28 heavy (non-hydrogen) atoms. The van der Waals surface area contributed by atoms with Gasteiger partial charge in [0.2, 0.25) is 0 Å². The van der Waals surface area contributed by atoms with Crippen LogP contribution in [0.15, 0.2) is 89.9 Å². The normalized spacial score (nSPS) is 11.2. The Labute approximate surface area is 164 Å². The number of benzene rings is 3. The zero-order valence-electron chi connectivity index (χ0n) is 15.9. The second-order valence-corrected chi connectivity index (χ2v) is 6.81. The maximum atomic E-state index is 13.2. The van der Waals surface area contributed by atoms with Gasteiger partial charge in [-0.25, -0.2) is 4.39 Å². The van der Waals surface area contributed by atoms with Crippen LogP contribution in [0.25, 0.3) is 16.8 Å². The second kappa shape index (κ2) is 7.65. The summed E-state index contributed by atoms with van der Waals surface area (Å²) in [5, 5.41) is 0. The average Bonchev–Trinajstić information content (AvgIpc) is 3.01. The smallest absolute Gasteiger partial charge is 0.123 e. The Hall–Kier alpha value is -3.46. The number of aryl methyl sites for hydroxylation is 1. The minimum absolute atomic E-state index is 0.230. The van der Waals surface area contributed by atoms with E-state index in [1.54, 1.807) is 12.1 Å². The van der Waals surface area contributed by atoms with Crippen LogP contribution in [0, 0.1) is 19.7 Å². The maximum Gasteiger partial charge on any atom is 0.123 e. The Balaban J connectivity index is 1.58. The monoisotopic (exact) mass is 368 g/mol. The molecule has 3 aromatic carbocycles. The fourth-order valence-corrected chi connectivity index (χ4v) is 3.42. The van der Waals surface area contributed by atoms with Crippen molar-refractivity contribution in [3.8, 4) is 16.8 Å². The molecule has 138 valence electrons. The molecule has 3 heteroatoms. The lowest BCUT2D eigenvalue weighted by Gasteiger charge is -2.09. The minimum Gasteiger partial charge on any atom is -0.318 e. The molecule has 0 saturated heterocycles. The van der Waals surface area contributed by atoms with E-state index in [4.69, 9.17) is 0 Å². The minimum atomic E-state index is -0.230. The van der Waals surface area contributed by atoms with Crippen LogP contribution in [0.5, 0.6) is 0 Å². The van der Waals surface area contributed by atoms with Crippen LogP contribution >= 0.6 is 0 Å². The van der Waals surface area contributed by atoms with Crippen LogP contribution in [0.3, 0.4) is 0 Å². The zero-order chi connectivity index (χ0) is 19.5. The third kappa shape index (κ3) is 3.65. The summed E-state index contributed by atoms with van der Waals surface area (Å²) in [5.74, 6) is -0.230. The molecule has 1 heterocycles. The quantitative estimate of drug-likeness (QED) is 0.359. The first-order valence-electron chi connectivity index (χ1n) is 9.26. The fraction of sp³-hybridized carbons (Fsp3) is 0.0800. The van der Waals surface area contributed by atoms with E-state index in [1.807, 2.05) is 43.5 Å². The molecule has 0 radical (unpaired) electrons. The molecular weight excluding hydrogens is 347 g/mol. The molecule has 0 aliphatic rings. The Morgan fingerprint density at radius 3 is 2.11 bits per heavy atom. The summed E-state index contributed by atoms with van der Waals surface area (Å²) in [6, 6.07) is 27.2. The molecule has 0 atom stereocenters. The van der Waals surface area contributed by atoms with Crippen LogP contribution in [0.1, 0.15) is 17.0 Å². The van der Waals surface area contributed by atoms with E-state index in [1.165, 1.54) is 23.3 Å². The fourth-order valence-electron chi connectivity index (χ4n) is 3.42. The molecular formula is C25H21FN2. The molecule has 0 bridgehead atoms. The van der Waals surface area contributed by atoms with Crippen LogP contribution in [0.2, 0.25) is 0 Å². The van der Waals surface area contributed by atoms with Gasteiger partial charge in [-0.15, -0.1) is 0 Å². The topological polar surface area (TPSA) is 17.3 Å². The predicted octanol–water partition coefficient (Wildman–Crippen LogP) is 6.65. The molecule has 4 aromatic rings. The summed E-state index contributed by atoms with van der Waals surface area (Å²) < 4.78 is 15.3. The SMILES string of the molecule is Cc1cc(C=Nc2ccc(-c3ccccc3)cc2)c(C)n1-c1ccc(F)cc1. The molecule has 1 aromatic heterocycles. The van der Waals surface area contributed by atoms with E-state index in [2.05, 4.69) is 46.8 Å². The van der Waals surface area contributed by atoms with Crippen LogP contribution in [-0.4, -0.2) is 10.8 Å². The lowest BCUT2D eigenvalue weighted by Crippen LogP contribution is -1.99. The maximum absolute atomic E-state index is 13.2. The molecule has 0 N–H and O–H groups in total. The van der Waals surface area contributed by atoms with E-state index >= 15 is 0 Å². The summed E-state index contributed by atoms with van der Waals surface area (Å²) in [4.78, 5) is 4.64. The van der Waals surface area contributed by atoms with Crippen molar-refractivity contribution < 1.29 is 4.39 Å². The highest BCUT2D eigenvalue weighted by Gasteiger charge is 2.09. The Morgan fingerprint density at radius 1 is 0.786 bits per heavy atom. The molecule has 0 unspecified atom stereocenters. The van der Waals surface area contributed by atoms with Gasteiger partial charge < -0.3 is 4.57 Å². The third-order valence-corrected chi connectivity index (χ3v) is 4.88. The molecule has 0 amide bonds. The molecule has 4 rings (SSSR count). The standard InChI is InChI=1S/C25H21FN2/c1-18-16-22(19(2)28(18)25-14-10-23(26)11-15-25)17-27-24-12-8-21(9-13-24)20-6-4-3-5-7-20/h3-17H,1-2H3. The average molecular weight is 368 g/mol. The number of hydrogen-bond acceptors (Lipinski definition) is 1. The van der Waals surface area contributed by atoms with Gasteiger partial charge >= 0.3 is 0 Å². The van der Waals surface area contributed by atoms with Crippen molar-refractivity contribution in [2.24, 2.45) is 4.99 Å². The zero-order valence-corrected chi connectivity index (χ0v) is 15.9. The lowest BCUT2D eigenvalue weighted by atomic mass is 10.1. The first-order valence-corrected chi connectivity index (χ1v) is 9.26. The molecule has 2 nitrogen and oxygen atoms in total. The molecule has 0 fully saturated rings. The van der Waals surface area contributed by atoms with Gasteiger partial charge in [-0.3, -0.25) is 4.99 Å². The van der Waals surface area contributed by atoms with E-state index in [0.29, 0.717) is 0 Å². The van der Waals surface area contributed by atoms with E-state index in [0.717, 1.165) is 28.3 Å². The van der Waals surface area contributed by atoms with E-state index < -0.39 is 0 Å². The van der Waals surface area contributed by atoms with Gasteiger partial charge in [-0.1, -0.05) is 42.5 Å². The van der Waals surface area contributed by atoms with Crippen LogP contribution < -0.4 is 0 Å². The van der Waals surface area contributed by atoms with Crippen LogP contribution in [0.4, 0.5) is 10.1 Å². The number of nitrogens with zero attached hydrogens (tertiary/aromatic N) is 2.